The fourth-order valence-electron chi connectivity index (χ4n) is 1.97. The van der Waals surface area contributed by atoms with Crippen molar-refractivity contribution in [3.63, 3.8) is 0 Å². The highest BCUT2D eigenvalue weighted by atomic mass is 14.8. The number of aliphatic imine (C=N–C) groups is 1. The minimum absolute atomic E-state index is 0.685. The highest BCUT2D eigenvalue weighted by Gasteiger charge is 2.39. The Morgan fingerprint density at radius 1 is 1.44 bits per heavy atom. The van der Waals surface area contributed by atoms with E-state index < -0.39 is 0 Å². The molecular weight excluding hydrogens is 110 g/mol. The summed E-state index contributed by atoms with van der Waals surface area (Å²) in [6.45, 7) is 3.30. The molecular formula is C8H13N. The molecule has 1 heterocycles. The zero-order valence-electron chi connectivity index (χ0n) is 5.98. The van der Waals surface area contributed by atoms with E-state index in [9.17, 15) is 0 Å². The van der Waals surface area contributed by atoms with Crippen molar-refractivity contribution < 1.29 is 0 Å². The van der Waals surface area contributed by atoms with E-state index in [4.69, 9.17) is 0 Å². The molecule has 0 radical (unpaired) electrons. The van der Waals surface area contributed by atoms with Crippen molar-refractivity contribution in [3.05, 3.63) is 0 Å². The molecule has 0 aromatic heterocycles. The van der Waals surface area contributed by atoms with Gasteiger partial charge in [0.2, 0.25) is 0 Å². The van der Waals surface area contributed by atoms with E-state index in [2.05, 4.69) is 11.9 Å². The second-order valence-electron chi connectivity index (χ2n) is 3.58. The molecule has 1 spiro atoms. The average molecular weight is 123 g/mol. The van der Waals surface area contributed by atoms with Crippen LogP contribution in [0.5, 0.6) is 0 Å². The predicted octanol–water partition coefficient (Wildman–Crippen LogP) is 2.02. The van der Waals surface area contributed by atoms with Gasteiger partial charge in [-0.15, -0.1) is 0 Å². The van der Waals surface area contributed by atoms with Gasteiger partial charge in [-0.25, -0.2) is 0 Å². The smallest absolute Gasteiger partial charge is 0.0448 e. The highest BCUT2D eigenvalue weighted by Crippen LogP contribution is 2.46. The Balaban J connectivity index is 2.05. The van der Waals surface area contributed by atoms with Crippen LogP contribution < -0.4 is 0 Å². The van der Waals surface area contributed by atoms with Crippen molar-refractivity contribution in [2.24, 2.45) is 10.4 Å². The molecule has 1 fully saturated rings. The number of hydrogen-bond donors (Lipinski definition) is 0. The highest BCUT2D eigenvalue weighted by molar-refractivity contribution is 5.84. The maximum atomic E-state index is 4.43. The Kier molecular flexibility index (Phi) is 0.961. The summed E-state index contributed by atoms with van der Waals surface area (Å²) in [6.07, 6.45) is 5.62. The second-order valence-corrected chi connectivity index (χ2v) is 3.58. The summed E-state index contributed by atoms with van der Waals surface area (Å²) >= 11 is 0. The lowest BCUT2D eigenvalue weighted by Crippen LogP contribution is -2.30. The molecule has 0 aromatic rings. The van der Waals surface area contributed by atoms with Crippen molar-refractivity contribution in [3.8, 4) is 0 Å². The van der Waals surface area contributed by atoms with Gasteiger partial charge in [0.05, 0.1) is 0 Å². The van der Waals surface area contributed by atoms with Crippen molar-refractivity contribution >= 4 is 5.71 Å². The van der Waals surface area contributed by atoms with Crippen LogP contribution in [0.25, 0.3) is 0 Å². The van der Waals surface area contributed by atoms with Gasteiger partial charge in [-0.1, -0.05) is 6.42 Å². The van der Waals surface area contributed by atoms with E-state index in [0.717, 1.165) is 6.54 Å². The lowest BCUT2D eigenvalue weighted by atomic mass is 9.67. The summed E-state index contributed by atoms with van der Waals surface area (Å²) < 4.78 is 0. The maximum Gasteiger partial charge on any atom is 0.0448 e. The molecule has 0 bridgehead atoms. The van der Waals surface area contributed by atoms with Crippen LogP contribution in [0.4, 0.5) is 0 Å². The summed E-state index contributed by atoms with van der Waals surface area (Å²) in [7, 11) is 0. The van der Waals surface area contributed by atoms with Gasteiger partial charge >= 0.3 is 0 Å². The first kappa shape index (κ1) is 5.45. The first-order valence-electron chi connectivity index (χ1n) is 3.81. The molecule has 0 unspecified atom stereocenters. The number of rotatable bonds is 0. The van der Waals surface area contributed by atoms with Crippen LogP contribution in [0.1, 0.15) is 32.6 Å². The van der Waals surface area contributed by atoms with Crippen LogP contribution in [0.15, 0.2) is 4.99 Å². The van der Waals surface area contributed by atoms with Gasteiger partial charge in [-0.3, -0.25) is 4.99 Å². The molecule has 2 aliphatic rings. The molecule has 2 rings (SSSR count). The molecule has 0 amide bonds. The Labute approximate surface area is 56.2 Å². The van der Waals surface area contributed by atoms with E-state index >= 15 is 0 Å². The molecule has 0 atom stereocenters. The van der Waals surface area contributed by atoms with Crippen LogP contribution in [0.2, 0.25) is 0 Å². The molecule has 50 valence electrons. The minimum Gasteiger partial charge on any atom is -0.294 e. The molecule has 0 aromatic carbocycles. The predicted molar refractivity (Wildman–Crippen MR) is 38.9 cm³/mol. The molecule has 1 heteroatoms. The lowest BCUT2D eigenvalue weighted by molar-refractivity contribution is 0.168. The molecule has 9 heavy (non-hydrogen) atoms. The number of hydrogen-bond acceptors (Lipinski definition) is 1. The standard InChI is InChI=1S/C8H13N/c1-7-5-8(6-9-7)3-2-4-8/h2-6H2,1H3. The summed E-state index contributed by atoms with van der Waals surface area (Å²) in [4.78, 5) is 4.43. The topological polar surface area (TPSA) is 12.4 Å². The molecule has 0 N–H and O–H groups in total. The van der Waals surface area contributed by atoms with E-state index in [1.54, 1.807) is 0 Å². The SMILES string of the molecule is CC1=NCC2(CCC2)C1. The summed E-state index contributed by atoms with van der Waals surface area (Å²) in [6, 6.07) is 0. The summed E-state index contributed by atoms with van der Waals surface area (Å²) in [5.41, 5.74) is 2.07. The Morgan fingerprint density at radius 2 is 2.22 bits per heavy atom. The Hall–Kier alpha value is -0.330. The first-order chi connectivity index (χ1) is 4.31. The van der Waals surface area contributed by atoms with Crippen molar-refractivity contribution in [1.29, 1.82) is 0 Å². The van der Waals surface area contributed by atoms with E-state index in [1.807, 2.05) is 0 Å². The molecule has 1 nitrogen and oxygen atoms in total. The van der Waals surface area contributed by atoms with Gasteiger partial charge < -0.3 is 0 Å². The van der Waals surface area contributed by atoms with Crippen LogP contribution in [-0.4, -0.2) is 12.3 Å². The quantitative estimate of drug-likeness (QED) is 0.467. The van der Waals surface area contributed by atoms with Gasteiger partial charge in [-0.05, 0) is 31.6 Å². The van der Waals surface area contributed by atoms with Gasteiger partial charge in [0.15, 0.2) is 0 Å². The Bertz CT molecular complexity index is 154. The lowest BCUT2D eigenvalue weighted by Gasteiger charge is -2.37. The fourth-order valence-corrected chi connectivity index (χ4v) is 1.97. The van der Waals surface area contributed by atoms with Crippen molar-refractivity contribution in [1.82, 2.24) is 0 Å². The Morgan fingerprint density at radius 3 is 2.44 bits per heavy atom. The fraction of sp³-hybridized carbons (Fsp3) is 0.875. The molecule has 1 aliphatic heterocycles. The van der Waals surface area contributed by atoms with E-state index in [0.29, 0.717) is 5.41 Å². The molecule has 1 aliphatic carbocycles. The minimum atomic E-state index is 0.685. The molecule has 0 saturated heterocycles. The van der Waals surface area contributed by atoms with Crippen LogP contribution in [0.3, 0.4) is 0 Å². The third-order valence-corrected chi connectivity index (χ3v) is 2.73. The van der Waals surface area contributed by atoms with Gasteiger partial charge in [0.25, 0.3) is 0 Å². The van der Waals surface area contributed by atoms with Crippen molar-refractivity contribution in [2.45, 2.75) is 32.6 Å². The maximum absolute atomic E-state index is 4.43. The van der Waals surface area contributed by atoms with Gasteiger partial charge in [0.1, 0.15) is 0 Å². The van der Waals surface area contributed by atoms with Crippen LogP contribution in [-0.2, 0) is 0 Å². The molecule has 1 saturated carbocycles. The monoisotopic (exact) mass is 123 g/mol. The number of nitrogens with zero attached hydrogens (tertiary/aromatic N) is 1. The van der Waals surface area contributed by atoms with E-state index in [-0.39, 0.29) is 0 Å². The summed E-state index contributed by atoms with van der Waals surface area (Å²) in [5, 5.41) is 0. The largest absolute Gasteiger partial charge is 0.294 e. The zero-order chi connectivity index (χ0) is 6.32. The third kappa shape index (κ3) is 0.707. The zero-order valence-corrected chi connectivity index (χ0v) is 5.98. The summed E-state index contributed by atoms with van der Waals surface area (Å²) in [5.74, 6) is 0. The van der Waals surface area contributed by atoms with Gasteiger partial charge in [0, 0.05) is 12.3 Å². The van der Waals surface area contributed by atoms with E-state index in [1.165, 1.54) is 31.4 Å². The van der Waals surface area contributed by atoms with Crippen molar-refractivity contribution in [2.75, 3.05) is 6.54 Å². The second kappa shape index (κ2) is 1.59. The first-order valence-corrected chi connectivity index (χ1v) is 3.81. The van der Waals surface area contributed by atoms with Gasteiger partial charge in [-0.2, -0.15) is 0 Å². The van der Waals surface area contributed by atoms with Crippen LogP contribution >= 0.6 is 0 Å². The average Bonchev–Trinajstić information content (AvgIpc) is 2.09. The van der Waals surface area contributed by atoms with Crippen LogP contribution in [0, 0.1) is 5.41 Å². The normalized spacial score (nSPS) is 30.1. The third-order valence-electron chi connectivity index (χ3n) is 2.73.